The van der Waals surface area contributed by atoms with Gasteiger partial charge in [0.1, 0.15) is 16.6 Å². The molecule has 0 atom stereocenters. The zero-order chi connectivity index (χ0) is 14.1. The summed E-state index contributed by atoms with van der Waals surface area (Å²) in [6, 6.07) is 10.3. The van der Waals surface area contributed by atoms with Crippen LogP contribution in [0.1, 0.15) is 11.9 Å². The number of para-hydroxylation sites is 1. The highest BCUT2D eigenvalue weighted by Crippen LogP contribution is 2.30. The first-order chi connectivity index (χ1) is 9.69. The average Bonchev–Trinajstić information content (AvgIpc) is 2.85. The number of nitrogens with zero attached hydrogens (tertiary/aromatic N) is 3. The molecular weight excluding hydrogens is 266 g/mol. The molecule has 0 aliphatic carbocycles. The summed E-state index contributed by atoms with van der Waals surface area (Å²) in [7, 11) is 1.95. The highest BCUT2D eigenvalue weighted by molar-refractivity contribution is 7.19. The molecule has 0 unspecified atom stereocenters. The predicted octanol–water partition coefficient (Wildman–Crippen LogP) is 3.94. The van der Waals surface area contributed by atoms with Crippen molar-refractivity contribution < 1.29 is 0 Å². The maximum atomic E-state index is 9.52. The number of thiazole rings is 1. The van der Waals surface area contributed by atoms with E-state index in [0.29, 0.717) is 5.57 Å². The summed E-state index contributed by atoms with van der Waals surface area (Å²) in [6.07, 6.45) is 6.00. The summed E-state index contributed by atoms with van der Waals surface area (Å²) in [5.41, 5.74) is 3.61. The van der Waals surface area contributed by atoms with Crippen LogP contribution in [-0.2, 0) is 0 Å². The van der Waals surface area contributed by atoms with Crippen LogP contribution in [0.25, 0.3) is 15.8 Å². The zero-order valence-corrected chi connectivity index (χ0v) is 12.1. The highest BCUT2D eigenvalue weighted by Gasteiger charge is 2.16. The molecule has 4 heteroatoms. The summed E-state index contributed by atoms with van der Waals surface area (Å²) in [5.74, 6) is 0. The van der Waals surface area contributed by atoms with E-state index in [1.54, 1.807) is 11.3 Å². The summed E-state index contributed by atoms with van der Waals surface area (Å²) >= 11 is 1.55. The Hall–Kier alpha value is -2.38. The van der Waals surface area contributed by atoms with Crippen molar-refractivity contribution in [1.82, 2.24) is 9.88 Å². The van der Waals surface area contributed by atoms with Crippen molar-refractivity contribution in [3.05, 3.63) is 58.9 Å². The van der Waals surface area contributed by atoms with Crippen molar-refractivity contribution in [2.24, 2.45) is 0 Å². The van der Waals surface area contributed by atoms with Crippen LogP contribution < -0.4 is 0 Å². The van der Waals surface area contributed by atoms with Crippen LogP contribution in [-0.4, -0.2) is 16.9 Å². The third-order valence-corrected chi connectivity index (χ3v) is 4.21. The molecule has 0 amide bonds. The molecule has 0 bridgehead atoms. The van der Waals surface area contributed by atoms with E-state index in [9.17, 15) is 5.26 Å². The lowest BCUT2D eigenvalue weighted by Crippen LogP contribution is -2.13. The van der Waals surface area contributed by atoms with Crippen LogP contribution in [0.2, 0.25) is 0 Å². The molecule has 98 valence electrons. The fourth-order valence-corrected chi connectivity index (χ4v) is 3.17. The number of aromatic nitrogens is 1. The summed E-state index contributed by atoms with van der Waals surface area (Å²) in [6.45, 7) is 2.04. The number of fused-ring (bicyclic) bond motifs is 1. The van der Waals surface area contributed by atoms with Crippen molar-refractivity contribution in [2.45, 2.75) is 6.92 Å². The molecule has 0 radical (unpaired) electrons. The molecule has 0 saturated heterocycles. The fourth-order valence-electron chi connectivity index (χ4n) is 2.20. The Balaban J connectivity index is 2.15. The maximum Gasteiger partial charge on any atom is 0.137 e. The second-order valence-electron chi connectivity index (χ2n) is 4.68. The number of hydrogen-bond donors (Lipinski definition) is 0. The maximum absolute atomic E-state index is 9.52. The van der Waals surface area contributed by atoms with Crippen molar-refractivity contribution in [2.75, 3.05) is 7.05 Å². The first-order valence-electron chi connectivity index (χ1n) is 6.28. The Morgan fingerprint density at radius 3 is 2.80 bits per heavy atom. The van der Waals surface area contributed by atoms with Crippen molar-refractivity contribution in [3.63, 3.8) is 0 Å². The van der Waals surface area contributed by atoms with E-state index in [4.69, 9.17) is 0 Å². The van der Waals surface area contributed by atoms with Gasteiger partial charge in [0.2, 0.25) is 0 Å². The monoisotopic (exact) mass is 279 g/mol. The zero-order valence-electron chi connectivity index (χ0n) is 11.3. The lowest BCUT2D eigenvalue weighted by Gasteiger charge is -2.21. The molecule has 3 nitrogen and oxygen atoms in total. The minimum atomic E-state index is 0.619. The second-order valence-corrected chi connectivity index (χ2v) is 5.71. The average molecular weight is 279 g/mol. The van der Waals surface area contributed by atoms with E-state index in [1.807, 2.05) is 61.5 Å². The Bertz CT molecular complexity index is 769. The first kappa shape index (κ1) is 12.6. The Morgan fingerprint density at radius 1 is 1.30 bits per heavy atom. The van der Waals surface area contributed by atoms with Gasteiger partial charge in [-0.1, -0.05) is 18.2 Å². The minimum Gasteiger partial charge on any atom is -0.350 e. The van der Waals surface area contributed by atoms with E-state index in [0.717, 1.165) is 26.5 Å². The minimum absolute atomic E-state index is 0.619. The lowest BCUT2D eigenvalue weighted by atomic mass is 10.1. The van der Waals surface area contributed by atoms with E-state index in [-0.39, 0.29) is 0 Å². The second kappa shape index (κ2) is 4.95. The third kappa shape index (κ3) is 2.13. The van der Waals surface area contributed by atoms with Gasteiger partial charge >= 0.3 is 0 Å². The van der Waals surface area contributed by atoms with Gasteiger partial charge in [-0.3, -0.25) is 0 Å². The molecule has 1 aromatic carbocycles. The molecule has 0 saturated carbocycles. The van der Waals surface area contributed by atoms with Crippen LogP contribution in [0.5, 0.6) is 0 Å². The summed E-state index contributed by atoms with van der Waals surface area (Å²) in [5, 5.41) is 10.3. The molecule has 0 fully saturated rings. The van der Waals surface area contributed by atoms with Crippen LogP contribution in [0.3, 0.4) is 0 Å². The van der Waals surface area contributed by atoms with Crippen molar-refractivity contribution in [3.8, 4) is 6.07 Å². The van der Waals surface area contributed by atoms with Gasteiger partial charge in [0, 0.05) is 13.2 Å². The Labute approximate surface area is 121 Å². The first-order valence-corrected chi connectivity index (χ1v) is 7.10. The lowest BCUT2D eigenvalue weighted by molar-refractivity contribution is 0.581. The largest absolute Gasteiger partial charge is 0.350 e. The SMILES string of the molecule is CC1=CN(C)C(=C(C#N)c2nc3ccccc3s2)C=C1. The molecule has 1 aliphatic rings. The van der Waals surface area contributed by atoms with Gasteiger partial charge in [-0.25, -0.2) is 4.98 Å². The van der Waals surface area contributed by atoms with Crippen molar-refractivity contribution in [1.29, 1.82) is 5.26 Å². The van der Waals surface area contributed by atoms with Crippen LogP contribution in [0.15, 0.2) is 53.9 Å². The number of hydrogen-bond acceptors (Lipinski definition) is 4. The standard InChI is InChI=1S/C16H13N3S/c1-11-7-8-14(19(2)10-11)12(9-17)16-18-13-5-3-4-6-15(13)20-16/h3-8,10H,1-2H3. The van der Waals surface area contributed by atoms with Gasteiger partial charge in [0.25, 0.3) is 0 Å². The number of rotatable bonds is 1. The number of benzene rings is 1. The van der Waals surface area contributed by atoms with Gasteiger partial charge in [-0.15, -0.1) is 11.3 Å². The van der Waals surface area contributed by atoms with E-state index in [2.05, 4.69) is 11.1 Å². The topological polar surface area (TPSA) is 39.9 Å². The number of allylic oxidation sites excluding steroid dienone is 4. The fraction of sp³-hybridized carbons (Fsp3) is 0.125. The molecule has 2 heterocycles. The Kier molecular flexibility index (Phi) is 3.13. The molecule has 3 rings (SSSR count). The molecular formula is C16H13N3S. The number of nitriles is 1. The molecule has 0 N–H and O–H groups in total. The van der Waals surface area contributed by atoms with Gasteiger partial charge in [0.15, 0.2) is 0 Å². The predicted molar refractivity (Wildman–Crippen MR) is 82.8 cm³/mol. The smallest absolute Gasteiger partial charge is 0.137 e. The molecule has 1 aliphatic heterocycles. The molecule has 1 aromatic heterocycles. The van der Waals surface area contributed by atoms with E-state index in [1.165, 1.54) is 0 Å². The molecule has 0 spiro atoms. The third-order valence-electron chi connectivity index (χ3n) is 3.16. The van der Waals surface area contributed by atoms with E-state index < -0.39 is 0 Å². The van der Waals surface area contributed by atoms with Crippen LogP contribution in [0.4, 0.5) is 0 Å². The van der Waals surface area contributed by atoms with Crippen LogP contribution >= 0.6 is 11.3 Å². The van der Waals surface area contributed by atoms with Crippen LogP contribution in [0, 0.1) is 11.3 Å². The van der Waals surface area contributed by atoms with Crippen molar-refractivity contribution >= 4 is 27.1 Å². The summed E-state index contributed by atoms with van der Waals surface area (Å²) in [4.78, 5) is 6.54. The normalized spacial score (nSPS) is 17.1. The molecule has 20 heavy (non-hydrogen) atoms. The quantitative estimate of drug-likeness (QED) is 0.742. The number of likely N-dealkylation sites (N-methyl/N-ethyl adjacent to an activating group) is 1. The van der Waals surface area contributed by atoms with E-state index >= 15 is 0 Å². The summed E-state index contributed by atoms with van der Waals surface area (Å²) < 4.78 is 1.10. The highest BCUT2D eigenvalue weighted by atomic mass is 32.1. The van der Waals surface area contributed by atoms with Gasteiger partial charge < -0.3 is 4.90 Å². The Morgan fingerprint density at radius 2 is 2.10 bits per heavy atom. The molecule has 2 aromatic rings. The van der Waals surface area contributed by atoms with Gasteiger partial charge in [0.05, 0.1) is 15.9 Å². The van der Waals surface area contributed by atoms with Gasteiger partial charge in [-0.2, -0.15) is 5.26 Å². The van der Waals surface area contributed by atoms with Gasteiger partial charge in [-0.05, 0) is 30.7 Å².